The first-order valence-corrected chi connectivity index (χ1v) is 6.72. The van der Waals surface area contributed by atoms with Crippen LogP contribution in [-0.2, 0) is 14.3 Å². The van der Waals surface area contributed by atoms with Gasteiger partial charge in [-0.15, -0.1) is 0 Å². The third-order valence-corrected chi connectivity index (χ3v) is 3.58. The lowest BCUT2D eigenvalue weighted by Gasteiger charge is -2.42. The Labute approximate surface area is 109 Å². The number of hydrogen-bond donors (Lipinski definition) is 1. The van der Waals surface area contributed by atoms with Crippen LogP contribution in [0.4, 0.5) is 0 Å². The first-order chi connectivity index (χ1) is 8.56. The van der Waals surface area contributed by atoms with Crippen LogP contribution < -0.4 is 5.32 Å². The Hall–Kier alpha value is -1.10. The number of carbonyl (C=O) groups is 2. The molecule has 1 aliphatic rings. The van der Waals surface area contributed by atoms with Crippen molar-refractivity contribution in [3.8, 4) is 0 Å². The van der Waals surface area contributed by atoms with Crippen molar-refractivity contribution in [3.05, 3.63) is 0 Å². The van der Waals surface area contributed by atoms with Crippen molar-refractivity contribution in [3.63, 3.8) is 0 Å². The molecule has 1 N–H and O–H groups in total. The van der Waals surface area contributed by atoms with Crippen LogP contribution in [0.15, 0.2) is 0 Å². The smallest absolute Gasteiger partial charge is 0.246 e. The van der Waals surface area contributed by atoms with Crippen molar-refractivity contribution in [2.75, 3.05) is 26.3 Å². The van der Waals surface area contributed by atoms with E-state index in [1.165, 1.54) is 0 Å². The minimum absolute atomic E-state index is 0.0296. The molecule has 0 aliphatic carbocycles. The highest BCUT2D eigenvalue weighted by Gasteiger charge is 2.43. The summed E-state index contributed by atoms with van der Waals surface area (Å²) in [5.74, 6) is -0.101. The molecule has 0 bridgehead atoms. The largest absolute Gasteiger partial charge is 0.380 e. The fourth-order valence-electron chi connectivity index (χ4n) is 2.07. The summed E-state index contributed by atoms with van der Waals surface area (Å²) in [5, 5.41) is 2.64. The lowest BCUT2D eigenvalue weighted by atomic mass is 9.93. The molecule has 1 rings (SSSR count). The molecule has 5 heteroatoms. The molecule has 0 aromatic rings. The second-order valence-corrected chi connectivity index (χ2v) is 4.82. The van der Waals surface area contributed by atoms with E-state index in [2.05, 4.69) is 12.2 Å². The van der Waals surface area contributed by atoms with Gasteiger partial charge in [-0.3, -0.25) is 9.59 Å². The van der Waals surface area contributed by atoms with E-state index in [9.17, 15) is 9.59 Å². The molecule has 0 aromatic heterocycles. The lowest BCUT2D eigenvalue weighted by molar-refractivity contribution is -0.153. The molecule has 0 aromatic carbocycles. The summed E-state index contributed by atoms with van der Waals surface area (Å²) in [4.78, 5) is 25.4. The third-order valence-electron chi connectivity index (χ3n) is 3.58. The molecule has 5 nitrogen and oxygen atoms in total. The normalized spacial score (nSPS) is 24.3. The van der Waals surface area contributed by atoms with Crippen LogP contribution >= 0.6 is 0 Å². The van der Waals surface area contributed by atoms with E-state index in [1.807, 2.05) is 13.8 Å². The van der Waals surface area contributed by atoms with Gasteiger partial charge in [-0.25, -0.2) is 0 Å². The summed E-state index contributed by atoms with van der Waals surface area (Å²) in [5.41, 5.74) is -0.733. The fourth-order valence-corrected chi connectivity index (χ4v) is 2.07. The first-order valence-electron chi connectivity index (χ1n) is 6.72. The molecule has 1 heterocycles. The van der Waals surface area contributed by atoms with Gasteiger partial charge in [0.05, 0.1) is 13.2 Å². The van der Waals surface area contributed by atoms with Crippen molar-refractivity contribution < 1.29 is 14.3 Å². The Morgan fingerprint density at radius 3 is 2.67 bits per heavy atom. The topological polar surface area (TPSA) is 58.6 Å². The molecule has 1 fully saturated rings. The van der Waals surface area contributed by atoms with Gasteiger partial charge in [0.1, 0.15) is 5.54 Å². The van der Waals surface area contributed by atoms with E-state index < -0.39 is 5.54 Å². The zero-order valence-electron chi connectivity index (χ0n) is 11.6. The van der Waals surface area contributed by atoms with Crippen molar-refractivity contribution in [1.82, 2.24) is 10.2 Å². The van der Waals surface area contributed by atoms with Crippen LogP contribution in [0, 0.1) is 0 Å². The molecule has 104 valence electrons. The summed E-state index contributed by atoms with van der Waals surface area (Å²) >= 11 is 0. The quantitative estimate of drug-likeness (QED) is 0.689. The molecule has 1 atom stereocenters. The van der Waals surface area contributed by atoms with E-state index in [-0.39, 0.29) is 18.4 Å². The van der Waals surface area contributed by atoms with Gasteiger partial charge in [0.2, 0.25) is 11.8 Å². The molecular weight excluding hydrogens is 232 g/mol. The number of unbranched alkanes of at least 4 members (excludes halogenated alkanes) is 1. The summed E-state index contributed by atoms with van der Waals surface area (Å²) in [6.45, 7) is 7.64. The van der Waals surface area contributed by atoms with Gasteiger partial charge in [-0.2, -0.15) is 0 Å². The standard InChI is InChI=1S/C13H24N2O3/c1-4-6-8-18-9-7-15-11(16)10-14-12(17)13(15,3)5-2/h4-10H2,1-3H3,(H,14,17). The predicted molar refractivity (Wildman–Crippen MR) is 69.1 cm³/mol. The number of ether oxygens (including phenoxy) is 1. The van der Waals surface area contributed by atoms with Gasteiger partial charge in [0.15, 0.2) is 0 Å². The van der Waals surface area contributed by atoms with E-state index in [1.54, 1.807) is 4.90 Å². The van der Waals surface area contributed by atoms with Gasteiger partial charge in [0.25, 0.3) is 0 Å². The van der Waals surface area contributed by atoms with E-state index in [4.69, 9.17) is 4.74 Å². The maximum Gasteiger partial charge on any atom is 0.246 e. The van der Waals surface area contributed by atoms with Crippen LogP contribution in [0.2, 0.25) is 0 Å². The average molecular weight is 256 g/mol. The lowest BCUT2D eigenvalue weighted by Crippen LogP contribution is -2.66. The molecule has 1 aliphatic heterocycles. The molecule has 0 radical (unpaired) electrons. The van der Waals surface area contributed by atoms with Gasteiger partial charge in [-0.05, 0) is 19.8 Å². The van der Waals surface area contributed by atoms with Crippen molar-refractivity contribution in [2.45, 2.75) is 45.6 Å². The Morgan fingerprint density at radius 1 is 1.33 bits per heavy atom. The summed E-state index contributed by atoms with van der Waals surface area (Å²) in [6.07, 6.45) is 2.73. The second kappa shape index (κ2) is 6.73. The molecule has 1 unspecified atom stereocenters. The zero-order chi connectivity index (χ0) is 13.6. The maximum absolute atomic E-state index is 11.9. The fraction of sp³-hybridized carbons (Fsp3) is 0.846. The number of amides is 2. The Bertz CT molecular complexity index is 307. The molecule has 0 spiro atoms. The predicted octanol–water partition coefficient (Wildman–Crippen LogP) is 0.930. The van der Waals surface area contributed by atoms with Gasteiger partial charge in [0, 0.05) is 13.2 Å². The van der Waals surface area contributed by atoms with Gasteiger partial charge < -0.3 is 15.0 Å². The Morgan fingerprint density at radius 2 is 2.06 bits per heavy atom. The van der Waals surface area contributed by atoms with E-state index >= 15 is 0 Å². The highest BCUT2D eigenvalue weighted by molar-refractivity contribution is 5.97. The first kappa shape index (κ1) is 15.0. The minimum atomic E-state index is -0.733. The van der Waals surface area contributed by atoms with Gasteiger partial charge in [-0.1, -0.05) is 20.3 Å². The van der Waals surface area contributed by atoms with Crippen LogP contribution in [0.1, 0.15) is 40.0 Å². The monoisotopic (exact) mass is 256 g/mol. The van der Waals surface area contributed by atoms with E-state index in [0.29, 0.717) is 26.2 Å². The molecule has 0 saturated carbocycles. The van der Waals surface area contributed by atoms with Crippen molar-refractivity contribution >= 4 is 11.8 Å². The van der Waals surface area contributed by atoms with Crippen LogP contribution in [0.3, 0.4) is 0 Å². The molecule has 1 saturated heterocycles. The third kappa shape index (κ3) is 3.22. The molecule has 2 amide bonds. The van der Waals surface area contributed by atoms with Crippen LogP contribution in [-0.4, -0.2) is 48.6 Å². The second-order valence-electron chi connectivity index (χ2n) is 4.82. The highest BCUT2D eigenvalue weighted by Crippen LogP contribution is 2.22. The number of rotatable bonds is 7. The highest BCUT2D eigenvalue weighted by atomic mass is 16.5. The average Bonchev–Trinajstić information content (AvgIpc) is 2.37. The van der Waals surface area contributed by atoms with E-state index in [0.717, 1.165) is 12.8 Å². The molecule has 18 heavy (non-hydrogen) atoms. The zero-order valence-corrected chi connectivity index (χ0v) is 11.6. The number of piperazine rings is 1. The minimum Gasteiger partial charge on any atom is -0.380 e. The SMILES string of the molecule is CCCCOCCN1C(=O)CNC(=O)C1(C)CC. The molecular formula is C13H24N2O3. The number of carbonyl (C=O) groups excluding carboxylic acids is 2. The number of nitrogens with one attached hydrogen (secondary N) is 1. The Balaban J connectivity index is 2.53. The van der Waals surface area contributed by atoms with Crippen molar-refractivity contribution in [1.29, 1.82) is 0 Å². The summed E-state index contributed by atoms with van der Waals surface area (Å²) in [6, 6.07) is 0. The van der Waals surface area contributed by atoms with Crippen molar-refractivity contribution in [2.24, 2.45) is 0 Å². The summed E-state index contributed by atoms with van der Waals surface area (Å²) in [7, 11) is 0. The van der Waals surface area contributed by atoms with Crippen LogP contribution in [0.25, 0.3) is 0 Å². The number of nitrogens with zero attached hydrogens (tertiary/aromatic N) is 1. The maximum atomic E-state index is 11.9. The Kier molecular flexibility index (Phi) is 5.59. The summed E-state index contributed by atoms with van der Waals surface area (Å²) < 4.78 is 5.47. The van der Waals surface area contributed by atoms with Crippen LogP contribution in [0.5, 0.6) is 0 Å². The van der Waals surface area contributed by atoms with Gasteiger partial charge >= 0.3 is 0 Å². The number of hydrogen-bond acceptors (Lipinski definition) is 3.